The number of benzene rings is 1. The number of aryl methyl sites for hydroxylation is 2. The molecule has 1 aromatic carbocycles. The van der Waals surface area contributed by atoms with Crippen LogP contribution < -0.4 is 0 Å². The van der Waals surface area contributed by atoms with Crippen molar-refractivity contribution in [1.82, 2.24) is 5.16 Å². The number of isothiocyanates is 1. The topological polar surface area (TPSA) is 47.6 Å². The number of aliphatic imine (C=N–C) groups is 1. The second kappa shape index (κ2) is 6.71. The SMILES string of the molecule is Cc1noc(C)c1-c1ccc(COC2CC(N=C=S)C2)c(F)c1. The Balaban J connectivity index is 1.65. The molecule has 1 saturated carbocycles. The smallest absolute Gasteiger partial charge is 0.141 e. The van der Waals surface area contributed by atoms with E-state index in [-0.39, 0.29) is 24.6 Å². The molecule has 0 aliphatic heterocycles. The predicted molar refractivity (Wildman–Crippen MR) is 88.0 cm³/mol. The molecule has 0 N–H and O–H groups in total. The molecule has 1 aliphatic carbocycles. The minimum atomic E-state index is -0.282. The van der Waals surface area contributed by atoms with Crippen molar-refractivity contribution < 1.29 is 13.7 Å². The third-order valence-electron chi connectivity index (χ3n) is 4.15. The number of hydrogen-bond acceptors (Lipinski definition) is 5. The zero-order valence-electron chi connectivity index (χ0n) is 13.0. The quantitative estimate of drug-likeness (QED) is 0.607. The van der Waals surface area contributed by atoms with Crippen molar-refractivity contribution >= 4 is 17.4 Å². The Morgan fingerprint density at radius 3 is 2.83 bits per heavy atom. The van der Waals surface area contributed by atoms with Gasteiger partial charge in [0.25, 0.3) is 0 Å². The number of aromatic nitrogens is 1. The minimum absolute atomic E-state index is 0.119. The fourth-order valence-corrected chi connectivity index (χ4v) is 2.93. The third kappa shape index (κ3) is 3.39. The molecule has 6 heteroatoms. The second-order valence-electron chi connectivity index (χ2n) is 5.78. The van der Waals surface area contributed by atoms with Crippen molar-refractivity contribution in [3.05, 3.63) is 41.0 Å². The Morgan fingerprint density at radius 2 is 2.22 bits per heavy atom. The van der Waals surface area contributed by atoms with Gasteiger partial charge in [-0.2, -0.15) is 0 Å². The molecule has 0 atom stereocenters. The monoisotopic (exact) mass is 332 g/mol. The van der Waals surface area contributed by atoms with Crippen molar-refractivity contribution in [2.75, 3.05) is 0 Å². The molecule has 2 aromatic rings. The van der Waals surface area contributed by atoms with Gasteiger partial charge in [-0.1, -0.05) is 17.3 Å². The molecule has 3 rings (SSSR count). The maximum absolute atomic E-state index is 14.3. The van der Waals surface area contributed by atoms with Crippen LogP contribution in [0.2, 0.25) is 0 Å². The van der Waals surface area contributed by atoms with Gasteiger partial charge in [0.15, 0.2) is 0 Å². The van der Waals surface area contributed by atoms with Gasteiger partial charge in [0, 0.05) is 11.1 Å². The molecular weight excluding hydrogens is 315 g/mol. The Labute approximate surface area is 139 Å². The number of ether oxygens (including phenoxy) is 1. The Kier molecular flexibility index (Phi) is 4.66. The molecule has 0 bridgehead atoms. The van der Waals surface area contributed by atoms with Crippen LogP contribution in [0.5, 0.6) is 0 Å². The first-order chi connectivity index (χ1) is 11.1. The van der Waals surface area contributed by atoms with Crippen LogP contribution in [-0.2, 0) is 11.3 Å². The summed E-state index contributed by atoms with van der Waals surface area (Å²) in [6, 6.07) is 5.34. The van der Waals surface area contributed by atoms with E-state index in [9.17, 15) is 4.39 Å². The van der Waals surface area contributed by atoms with Gasteiger partial charge in [-0.3, -0.25) is 0 Å². The number of nitrogens with zero attached hydrogens (tertiary/aromatic N) is 2. The maximum Gasteiger partial charge on any atom is 0.141 e. The molecule has 0 spiro atoms. The molecule has 0 unspecified atom stereocenters. The average molecular weight is 332 g/mol. The summed E-state index contributed by atoms with van der Waals surface area (Å²) in [5, 5.41) is 6.28. The zero-order valence-corrected chi connectivity index (χ0v) is 13.8. The third-order valence-corrected chi connectivity index (χ3v) is 4.26. The summed E-state index contributed by atoms with van der Waals surface area (Å²) >= 11 is 4.57. The molecule has 1 fully saturated rings. The highest BCUT2D eigenvalue weighted by Gasteiger charge is 2.29. The lowest BCUT2D eigenvalue weighted by Crippen LogP contribution is -2.34. The van der Waals surface area contributed by atoms with Crippen LogP contribution in [0.25, 0.3) is 11.1 Å². The Hall–Kier alpha value is -1.88. The van der Waals surface area contributed by atoms with E-state index >= 15 is 0 Å². The van der Waals surface area contributed by atoms with E-state index in [4.69, 9.17) is 9.26 Å². The first kappa shape index (κ1) is 16.0. The van der Waals surface area contributed by atoms with Crippen LogP contribution in [-0.4, -0.2) is 22.5 Å². The van der Waals surface area contributed by atoms with Gasteiger partial charge in [-0.15, -0.1) is 0 Å². The van der Waals surface area contributed by atoms with Gasteiger partial charge in [-0.25, -0.2) is 9.38 Å². The molecule has 1 aliphatic rings. The molecule has 0 saturated heterocycles. The first-order valence-corrected chi connectivity index (χ1v) is 7.89. The summed E-state index contributed by atoms with van der Waals surface area (Å²) in [5.41, 5.74) is 2.91. The molecule has 0 radical (unpaired) electrons. The van der Waals surface area contributed by atoms with Crippen LogP contribution in [0.1, 0.15) is 29.9 Å². The van der Waals surface area contributed by atoms with Gasteiger partial charge >= 0.3 is 0 Å². The normalized spacial score (nSPS) is 20.0. The standard InChI is InChI=1S/C17H17FN2O2S/c1-10-17(11(2)22-20-10)12-3-4-13(16(18)5-12)8-21-15-6-14(7-15)19-9-23/h3-5,14-15H,6-8H2,1-2H3. The van der Waals surface area contributed by atoms with E-state index in [0.717, 1.165) is 29.7 Å². The number of rotatable bonds is 5. The van der Waals surface area contributed by atoms with Gasteiger partial charge in [0.2, 0.25) is 0 Å². The largest absolute Gasteiger partial charge is 0.373 e. The van der Waals surface area contributed by atoms with Crippen molar-refractivity contribution in [3.8, 4) is 11.1 Å². The molecule has 120 valence electrons. The van der Waals surface area contributed by atoms with Crippen molar-refractivity contribution in [2.24, 2.45) is 4.99 Å². The molecular formula is C17H17FN2O2S. The highest BCUT2D eigenvalue weighted by molar-refractivity contribution is 7.78. The molecule has 23 heavy (non-hydrogen) atoms. The lowest BCUT2D eigenvalue weighted by molar-refractivity contribution is -0.0192. The zero-order chi connectivity index (χ0) is 16.4. The van der Waals surface area contributed by atoms with Crippen molar-refractivity contribution in [1.29, 1.82) is 0 Å². The lowest BCUT2D eigenvalue weighted by Gasteiger charge is -2.31. The summed E-state index contributed by atoms with van der Waals surface area (Å²) < 4.78 is 25.1. The number of thiocarbonyl (C=S) groups is 1. The maximum atomic E-state index is 14.3. The van der Waals surface area contributed by atoms with Crippen LogP contribution in [0, 0.1) is 19.7 Å². The average Bonchev–Trinajstić information content (AvgIpc) is 2.81. The van der Waals surface area contributed by atoms with E-state index in [0.29, 0.717) is 11.3 Å². The molecule has 0 amide bonds. The van der Waals surface area contributed by atoms with Crippen LogP contribution in [0.3, 0.4) is 0 Å². The van der Waals surface area contributed by atoms with Crippen LogP contribution in [0.15, 0.2) is 27.7 Å². The van der Waals surface area contributed by atoms with Crippen LogP contribution in [0.4, 0.5) is 4.39 Å². The summed E-state index contributed by atoms with van der Waals surface area (Å²) in [4.78, 5) is 4.01. The number of hydrogen-bond donors (Lipinski definition) is 0. The second-order valence-corrected chi connectivity index (χ2v) is 5.97. The summed E-state index contributed by atoms with van der Waals surface area (Å²) in [6.07, 6.45) is 1.76. The fraction of sp³-hybridized carbons (Fsp3) is 0.412. The highest BCUT2D eigenvalue weighted by atomic mass is 32.1. The van der Waals surface area contributed by atoms with Gasteiger partial charge in [-0.05, 0) is 50.5 Å². The summed E-state index contributed by atoms with van der Waals surface area (Å²) in [5.74, 6) is 0.404. The van der Waals surface area contributed by atoms with Gasteiger partial charge in [0.1, 0.15) is 11.6 Å². The highest BCUT2D eigenvalue weighted by Crippen LogP contribution is 2.30. The van der Waals surface area contributed by atoms with Gasteiger partial charge < -0.3 is 9.26 Å². The molecule has 1 aromatic heterocycles. The van der Waals surface area contributed by atoms with E-state index < -0.39 is 0 Å². The van der Waals surface area contributed by atoms with E-state index in [1.165, 1.54) is 6.07 Å². The predicted octanol–water partition coefficient (Wildman–Crippen LogP) is 4.25. The van der Waals surface area contributed by atoms with Crippen molar-refractivity contribution in [2.45, 2.75) is 45.4 Å². The number of halogens is 1. The van der Waals surface area contributed by atoms with E-state index in [1.807, 2.05) is 19.9 Å². The Morgan fingerprint density at radius 1 is 1.43 bits per heavy atom. The molecule has 4 nitrogen and oxygen atoms in total. The summed E-state index contributed by atoms with van der Waals surface area (Å²) in [7, 11) is 0. The Bertz CT molecular complexity index is 742. The fourth-order valence-electron chi connectivity index (χ4n) is 2.78. The minimum Gasteiger partial charge on any atom is -0.373 e. The van der Waals surface area contributed by atoms with Gasteiger partial charge in [0.05, 0.1) is 29.6 Å². The van der Waals surface area contributed by atoms with E-state index in [1.54, 1.807) is 6.07 Å². The van der Waals surface area contributed by atoms with E-state index in [2.05, 4.69) is 27.5 Å². The summed E-state index contributed by atoms with van der Waals surface area (Å²) in [6.45, 7) is 3.92. The molecule has 1 heterocycles. The first-order valence-electron chi connectivity index (χ1n) is 7.48. The lowest BCUT2D eigenvalue weighted by atomic mass is 9.90. The van der Waals surface area contributed by atoms with Crippen molar-refractivity contribution in [3.63, 3.8) is 0 Å². The van der Waals surface area contributed by atoms with Crippen LogP contribution >= 0.6 is 12.2 Å².